The summed E-state index contributed by atoms with van der Waals surface area (Å²) in [6, 6.07) is 16.0. The number of halogens is 1. The maximum atomic E-state index is 10.3. The number of hydrogen-bond donors (Lipinski definition) is 2. The largest absolute Gasteiger partial charge is 0.493 e. The summed E-state index contributed by atoms with van der Waals surface area (Å²) in [7, 11) is 5.28. The molecule has 166 valence electrons. The first-order chi connectivity index (χ1) is 14.1. The minimum Gasteiger partial charge on any atom is -0.493 e. The Kier molecular flexibility index (Phi) is 12.2. The van der Waals surface area contributed by atoms with Crippen molar-refractivity contribution in [2.45, 2.75) is 25.9 Å². The molecule has 2 aromatic carbocycles. The first-order valence-corrected chi connectivity index (χ1v) is 9.99. The van der Waals surface area contributed by atoms with Gasteiger partial charge >= 0.3 is 0 Å². The summed E-state index contributed by atoms with van der Waals surface area (Å²) in [4.78, 5) is 6.70. The lowest BCUT2D eigenvalue weighted by Crippen LogP contribution is -2.40. The zero-order valence-corrected chi connectivity index (χ0v) is 20.6. The van der Waals surface area contributed by atoms with Crippen molar-refractivity contribution in [1.29, 1.82) is 0 Å². The lowest BCUT2D eigenvalue weighted by atomic mass is 10.1. The number of nitrogens with one attached hydrogen (secondary N) is 1. The highest BCUT2D eigenvalue weighted by Crippen LogP contribution is 2.27. The second-order valence-electron chi connectivity index (χ2n) is 6.90. The van der Waals surface area contributed by atoms with E-state index in [9.17, 15) is 5.11 Å². The summed E-state index contributed by atoms with van der Waals surface area (Å²) in [5.41, 5.74) is 2.27. The average Bonchev–Trinajstić information content (AvgIpc) is 2.75. The quantitative estimate of drug-likeness (QED) is 0.282. The fourth-order valence-corrected chi connectivity index (χ4v) is 3.05. The summed E-state index contributed by atoms with van der Waals surface area (Å²) in [5, 5.41) is 13.6. The van der Waals surface area contributed by atoms with Crippen LogP contribution >= 0.6 is 24.0 Å². The van der Waals surface area contributed by atoms with Crippen molar-refractivity contribution in [3.8, 4) is 11.5 Å². The molecule has 0 radical (unpaired) electrons. The molecule has 0 fully saturated rings. The normalized spacial score (nSPS) is 12.0. The molecule has 6 nitrogen and oxygen atoms in total. The highest BCUT2D eigenvalue weighted by atomic mass is 127. The molecular weight excluding hydrogens is 493 g/mol. The molecule has 0 aromatic heterocycles. The number of aliphatic imine (C=N–C) groups is 1. The third-order valence-corrected chi connectivity index (χ3v) is 4.65. The SMILES string of the molecule is CCNC(=NCC(O)Cc1ccccc1)N(C)CCc1ccc(OC)c(OC)c1.I. The number of benzene rings is 2. The van der Waals surface area contributed by atoms with Crippen molar-refractivity contribution in [3.05, 3.63) is 59.7 Å². The maximum absolute atomic E-state index is 10.3. The van der Waals surface area contributed by atoms with Crippen LogP contribution in [0.1, 0.15) is 18.1 Å². The number of ether oxygens (including phenoxy) is 2. The number of aliphatic hydroxyl groups excluding tert-OH is 1. The topological polar surface area (TPSA) is 66.3 Å². The van der Waals surface area contributed by atoms with Crippen LogP contribution in [0.15, 0.2) is 53.5 Å². The Morgan fingerprint density at radius 1 is 1.07 bits per heavy atom. The Hall–Kier alpha value is -2.00. The van der Waals surface area contributed by atoms with Crippen LogP contribution in [0.25, 0.3) is 0 Å². The predicted molar refractivity (Wildman–Crippen MR) is 133 cm³/mol. The standard InChI is InChI=1S/C23H33N3O3.HI/c1-5-24-23(25-17-20(27)15-18-9-7-6-8-10-18)26(2)14-13-19-11-12-21(28-3)22(16-19)29-4;/h6-12,16,20,27H,5,13-15,17H2,1-4H3,(H,24,25);1H. The van der Waals surface area contributed by atoms with E-state index >= 15 is 0 Å². The number of aliphatic hydroxyl groups is 1. The minimum atomic E-state index is -0.509. The van der Waals surface area contributed by atoms with Crippen LogP contribution < -0.4 is 14.8 Å². The van der Waals surface area contributed by atoms with Gasteiger partial charge in [0.15, 0.2) is 17.5 Å². The van der Waals surface area contributed by atoms with Gasteiger partial charge in [-0.2, -0.15) is 0 Å². The first kappa shape index (κ1) is 26.0. The smallest absolute Gasteiger partial charge is 0.193 e. The zero-order chi connectivity index (χ0) is 21.1. The second-order valence-corrected chi connectivity index (χ2v) is 6.90. The highest BCUT2D eigenvalue weighted by Gasteiger charge is 2.10. The molecule has 0 aliphatic rings. The van der Waals surface area contributed by atoms with Crippen LogP contribution in [0.4, 0.5) is 0 Å². The van der Waals surface area contributed by atoms with Crippen LogP contribution in [0.3, 0.4) is 0 Å². The zero-order valence-electron chi connectivity index (χ0n) is 18.3. The molecular formula is C23H34IN3O3. The number of rotatable bonds is 10. The van der Waals surface area contributed by atoms with Gasteiger partial charge < -0.3 is 24.8 Å². The van der Waals surface area contributed by atoms with Crippen LogP contribution in [-0.4, -0.2) is 63.0 Å². The van der Waals surface area contributed by atoms with Gasteiger partial charge in [-0.15, -0.1) is 24.0 Å². The van der Waals surface area contributed by atoms with Gasteiger partial charge in [0.25, 0.3) is 0 Å². The van der Waals surface area contributed by atoms with Gasteiger partial charge in [0.1, 0.15) is 0 Å². The van der Waals surface area contributed by atoms with Gasteiger partial charge in [0.05, 0.1) is 26.9 Å². The number of hydrogen-bond acceptors (Lipinski definition) is 4. The Labute approximate surface area is 197 Å². The number of nitrogens with zero attached hydrogens (tertiary/aromatic N) is 2. The second kappa shape index (κ2) is 14.1. The molecule has 2 rings (SSSR count). The molecule has 2 aromatic rings. The van der Waals surface area contributed by atoms with Gasteiger partial charge in [-0.3, -0.25) is 4.99 Å². The molecule has 0 amide bonds. The van der Waals surface area contributed by atoms with E-state index in [2.05, 4.69) is 15.2 Å². The van der Waals surface area contributed by atoms with Gasteiger partial charge in [0.2, 0.25) is 0 Å². The van der Waals surface area contributed by atoms with Crippen LogP contribution in [0.2, 0.25) is 0 Å². The molecule has 0 aliphatic carbocycles. The fraction of sp³-hybridized carbons (Fsp3) is 0.435. The van der Waals surface area contributed by atoms with Gasteiger partial charge in [-0.25, -0.2) is 0 Å². The van der Waals surface area contributed by atoms with Gasteiger partial charge in [-0.05, 0) is 36.6 Å². The predicted octanol–water partition coefficient (Wildman–Crippen LogP) is 3.37. The van der Waals surface area contributed by atoms with Crippen molar-refractivity contribution in [3.63, 3.8) is 0 Å². The van der Waals surface area contributed by atoms with E-state index in [1.54, 1.807) is 14.2 Å². The molecule has 30 heavy (non-hydrogen) atoms. The average molecular weight is 527 g/mol. The van der Waals surface area contributed by atoms with Gasteiger partial charge in [-0.1, -0.05) is 36.4 Å². The fourth-order valence-electron chi connectivity index (χ4n) is 3.05. The van der Waals surface area contributed by atoms with E-state index in [1.165, 1.54) is 0 Å². The first-order valence-electron chi connectivity index (χ1n) is 9.99. The number of likely N-dealkylation sites (N-methyl/N-ethyl adjacent to an activating group) is 1. The molecule has 0 bridgehead atoms. The van der Waals surface area contributed by atoms with E-state index in [-0.39, 0.29) is 24.0 Å². The Morgan fingerprint density at radius 3 is 2.40 bits per heavy atom. The monoisotopic (exact) mass is 527 g/mol. The third kappa shape index (κ3) is 8.39. The van der Waals surface area contributed by atoms with E-state index in [1.807, 2.05) is 62.5 Å². The molecule has 0 spiro atoms. The Bertz CT molecular complexity index is 772. The summed E-state index contributed by atoms with van der Waals surface area (Å²) in [6.07, 6.45) is 0.928. The maximum Gasteiger partial charge on any atom is 0.193 e. The van der Waals surface area contributed by atoms with Crippen LogP contribution in [0.5, 0.6) is 11.5 Å². The Balaban J connectivity index is 0.00000450. The highest BCUT2D eigenvalue weighted by molar-refractivity contribution is 14.0. The van der Waals surface area contributed by atoms with Crippen molar-refractivity contribution >= 4 is 29.9 Å². The molecule has 1 unspecified atom stereocenters. The molecule has 0 saturated heterocycles. The van der Waals surface area contributed by atoms with Crippen LogP contribution in [0, 0.1) is 0 Å². The summed E-state index contributed by atoms with van der Waals surface area (Å²) < 4.78 is 10.7. The van der Waals surface area contributed by atoms with Crippen molar-refractivity contribution in [2.75, 3.05) is 40.9 Å². The number of guanidine groups is 1. The molecule has 2 N–H and O–H groups in total. The van der Waals surface area contributed by atoms with E-state index in [4.69, 9.17) is 9.47 Å². The number of methoxy groups -OCH3 is 2. The minimum absolute atomic E-state index is 0. The van der Waals surface area contributed by atoms with Gasteiger partial charge in [0, 0.05) is 26.6 Å². The molecule has 7 heteroatoms. The third-order valence-electron chi connectivity index (χ3n) is 4.65. The Morgan fingerprint density at radius 2 is 1.77 bits per heavy atom. The summed E-state index contributed by atoms with van der Waals surface area (Å²) in [5.74, 6) is 2.25. The summed E-state index contributed by atoms with van der Waals surface area (Å²) >= 11 is 0. The van der Waals surface area contributed by atoms with E-state index in [0.29, 0.717) is 13.0 Å². The molecule has 1 atom stereocenters. The molecule has 0 saturated carbocycles. The van der Waals surface area contributed by atoms with E-state index < -0.39 is 6.10 Å². The van der Waals surface area contributed by atoms with Crippen molar-refractivity contribution in [1.82, 2.24) is 10.2 Å². The lowest BCUT2D eigenvalue weighted by molar-refractivity contribution is 0.183. The van der Waals surface area contributed by atoms with Crippen molar-refractivity contribution < 1.29 is 14.6 Å². The lowest BCUT2D eigenvalue weighted by Gasteiger charge is -2.23. The molecule has 0 aliphatic heterocycles. The molecule has 0 heterocycles. The van der Waals surface area contributed by atoms with Crippen LogP contribution in [-0.2, 0) is 12.8 Å². The summed E-state index contributed by atoms with van der Waals surface area (Å²) in [6.45, 7) is 3.96. The van der Waals surface area contributed by atoms with Crippen molar-refractivity contribution in [2.24, 2.45) is 4.99 Å². The van der Waals surface area contributed by atoms with E-state index in [0.717, 1.165) is 48.1 Å².